The Bertz CT molecular complexity index is 1220. The van der Waals surface area contributed by atoms with E-state index in [0.29, 0.717) is 21.5 Å². The average Bonchev–Trinajstić information content (AvgIpc) is 2.66. The van der Waals surface area contributed by atoms with E-state index in [-0.39, 0.29) is 17.7 Å². The number of H-pyrrole nitrogens is 1. The van der Waals surface area contributed by atoms with Gasteiger partial charge in [0.25, 0.3) is 5.56 Å². The molecule has 128 valence electrons. The highest BCUT2D eigenvalue weighted by Crippen LogP contribution is 2.31. The van der Waals surface area contributed by atoms with Crippen molar-refractivity contribution in [2.45, 2.75) is 6.61 Å². The number of pyridine rings is 1. The highest BCUT2D eigenvalue weighted by atomic mass is 16.4. The van der Waals surface area contributed by atoms with Gasteiger partial charge >= 0.3 is 5.97 Å². The van der Waals surface area contributed by atoms with Crippen molar-refractivity contribution in [1.29, 1.82) is 0 Å². The van der Waals surface area contributed by atoms with Crippen molar-refractivity contribution < 1.29 is 15.0 Å². The lowest BCUT2D eigenvalue weighted by molar-refractivity contribution is 0.0699. The quantitative estimate of drug-likeness (QED) is 0.495. The molecular weight excluding hydrogens is 330 g/mol. The van der Waals surface area contributed by atoms with Gasteiger partial charge < -0.3 is 15.2 Å². The minimum atomic E-state index is -1.03. The Morgan fingerprint density at radius 2 is 1.77 bits per heavy atom. The molecule has 0 aliphatic carbocycles. The summed E-state index contributed by atoms with van der Waals surface area (Å²) < 4.78 is 0. The monoisotopic (exact) mass is 345 g/mol. The molecular formula is C21H15NO4. The third-order valence-corrected chi connectivity index (χ3v) is 4.55. The van der Waals surface area contributed by atoms with Crippen LogP contribution in [0.4, 0.5) is 0 Å². The van der Waals surface area contributed by atoms with Crippen LogP contribution in [0.15, 0.2) is 65.6 Å². The van der Waals surface area contributed by atoms with Gasteiger partial charge in [-0.15, -0.1) is 0 Å². The number of fused-ring (bicyclic) bond motifs is 3. The first-order valence-electron chi connectivity index (χ1n) is 8.10. The van der Waals surface area contributed by atoms with Crippen molar-refractivity contribution in [3.8, 4) is 11.1 Å². The molecule has 3 aromatic carbocycles. The average molecular weight is 345 g/mol. The highest BCUT2D eigenvalue weighted by Gasteiger charge is 2.14. The second-order valence-electron chi connectivity index (χ2n) is 6.12. The second-order valence-corrected chi connectivity index (χ2v) is 6.12. The fourth-order valence-corrected chi connectivity index (χ4v) is 3.32. The van der Waals surface area contributed by atoms with E-state index in [1.54, 1.807) is 12.1 Å². The van der Waals surface area contributed by atoms with Crippen LogP contribution in [0.3, 0.4) is 0 Å². The minimum absolute atomic E-state index is 0.0623. The standard InChI is InChI=1S/C21H15NO4/c23-11-12-2-1-3-13(8-12)14-4-5-16-17(9-14)19-15(6-7-22-20(19)24)10-18(16)21(25)26/h1-10,23H,11H2,(H,22,24)(H,25,26). The van der Waals surface area contributed by atoms with Gasteiger partial charge in [0.2, 0.25) is 0 Å². The summed E-state index contributed by atoms with van der Waals surface area (Å²) in [4.78, 5) is 26.7. The van der Waals surface area contributed by atoms with E-state index in [1.165, 1.54) is 12.3 Å². The third kappa shape index (κ3) is 2.55. The molecule has 3 N–H and O–H groups in total. The number of aromatic amines is 1. The number of aliphatic hydroxyl groups excluding tert-OH is 1. The van der Waals surface area contributed by atoms with E-state index in [1.807, 2.05) is 36.4 Å². The lowest BCUT2D eigenvalue weighted by atomic mass is 9.94. The summed E-state index contributed by atoms with van der Waals surface area (Å²) in [6.45, 7) is -0.0623. The van der Waals surface area contributed by atoms with E-state index >= 15 is 0 Å². The molecule has 5 heteroatoms. The van der Waals surface area contributed by atoms with E-state index in [9.17, 15) is 19.8 Å². The Hall–Kier alpha value is -3.44. The Kier molecular flexibility index (Phi) is 3.78. The molecule has 0 saturated heterocycles. The van der Waals surface area contributed by atoms with Crippen LogP contribution in [0.1, 0.15) is 15.9 Å². The number of benzene rings is 3. The molecule has 0 spiro atoms. The van der Waals surface area contributed by atoms with Crippen LogP contribution in [-0.4, -0.2) is 21.2 Å². The Morgan fingerprint density at radius 3 is 2.54 bits per heavy atom. The second kappa shape index (κ2) is 6.13. The van der Waals surface area contributed by atoms with Gasteiger partial charge in [-0.1, -0.05) is 30.3 Å². The molecule has 0 unspecified atom stereocenters. The first kappa shape index (κ1) is 16.1. The summed E-state index contributed by atoms with van der Waals surface area (Å²) in [5.41, 5.74) is 2.42. The largest absolute Gasteiger partial charge is 0.478 e. The fourth-order valence-electron chi connectivity index (χ4n) is 3.32. The summed E-state index contributed by atoms with van der Waals surface area (Å²) in [6.07, 6.45) is 1.51. The molecule has 0 aliphatic rings. The number of hydrogen-bond acceptors (Lipinski definition) is 3. The maximum Gasteiger partial charge on any atom is 0.336 e. The minimum Gasteiger partial charge on any atom is -0.478 e. The zero-order chi connectivity index (χ0) is 18.3. The summed E-state index contributed by atoms with van der Waals surface area (Å²) in [6, 6.07) is 16.1. The summed E-state index contributed by atoms with van der Waals surface area (Å²) >= 11 is 0. The van der Waals surface area contributed by atoms with E-state index in [4.69, 9.17) is 0 Å². The van der Waals surface area contributed by atoms with Crippen molar-refractivity contribution in [2.75, 3.05) is 0 Å². The smallest absolute Gasteiger partial charge is 0.336 e. The summed E-state index contributed by atoms with van der Waals surface area (Å²) in [7, 11) is 0. The molecule has 4 aromatic rings. The third-order valence-electron chi connectivity index (χ3n) is 4.55. The van der Waals surface area contributed by atoms with Crippen LogP contribution in [0.2, 0.25) is 0 Å². The maximum atomic E-state index is 12.4. The molecule has 0 saturated carbocycles. The molecule has 4 rings (SSSR count). The van der Waals surface area contributed by atoms with E-state index < -0.39 is 5.97 Å². The van der Waals surface area contributed by atoms with Gasteiger partial charge in [-0.2, -0.15) is 0 Å². The van der Waals surface area contributed by atoms with Crippen molar-refractivity contribution in [3.63, 3.8) is 0 Å². The molecule has 0 radical (unpaired) electrons. The van der Waals surface area contributed by atoms with Crippen molar-refractivity contribution >= 4 is 27.5 Å². The van der Waals surface area contributed by atoms with Crippen molar-refractivity contribution in [2.24, 2.45) is 0 Å². The highest BCUT2D eigenvalue weighted by molar-refractivity contribution is 6.16. The molecule has 1 aromatic heterocycles. The lowest BCUT2D eigenvalue weighted by Crippen LogP contribution is -2.07. The van der Waals surface area contributed by atoms with Gasteiger partial charge in [-0.3, -0.25) is 4.79 Å². The molecule has 0 aliphatic heterocycles. The maximum absolute atomic E-state index is 12.4. The van der Waals surface area contributed by atoms with E-state index in [0.717, 1.165) is 16.7 Å². The number of aliphatic hydroxyl groups is 1. The first-order valence-corrected chi connectivity index (χ1v) is 8.10. The molecule has 0 bridgehead atoms. The zero-order valence-electron chi connectivity index (χ0n) is 13.7. The predicted molar refractivity (Wildman–Crippen MR) is 100 cm³/mol. The molecule has 0 atom stereocenters. The van der Waals surface area contributed by atoms with Crippen molar-refractivity contribution in [1.82, 2.24) is 4.98 Å². The van der Waals surface area contributed by atoms with Crippen LogP contribution in [0.5, 0.6) is 0 Å². The summed E-state index contributed by atoms with van der Waals surface area (Å²) in [5.74, 6) is -1.03. The number of aromatic nitrogens is 1. The van der Waals surface area contributed by atoms with Crippen LogP contribution in [0.25, 0.3) is 32.7 Å². The van der Waals surface area contributed by atoms with Crippen molar-refractivity contribution in [3.05, 3.63) is 82.3 Å². The number of carbonyl (C=O) groups is 1. The number of carboxylic acid groups (broad SMARTS) is 1. The molecule has 0 amide bonds. The Morgan fingerprint density at radius 1 is 0.962 bits per heavy atom. The van der Waals surface area contributed by atoms with Gasteiger partial charge in [0.1, 0.15) is 0 Å². The van der Waals surface area contributed by atoms with Gasteiger partial charge in [0.15, 0.2) is 0 Å². The topological polar surface area (TPSA) is 90.4 Å². The SMILES string of the molecule is O=C(O)c1cc2cc[nH]c(=O)c2c2cc(-c3cccc(CO)c3)ccc12. The molecule has 5 nitrogen and oxygen atoms in total. The fraction of sp³-hybridized carbons (Fsp3) is 0.0476. The van der Waals surface area contributed by atoms with E-state index in [2.05, 4.69) is 4.98 Å². The zero-order valence-corrected chi connectivity index (χ0v) is 13.7. The first-order chi connectivity index (χ1) is 12.6. The molecule has 26 heavy (non-hydrogen) atoms. The molecule has 1 heterocycles. The van der Waals surface area contributed by atoms with Gasteiger partial charge in [0.05, 0.1) is 17.6 Å². The van der Waals surface area contributed by atoms with Crippen LogP contribution >= 0.6 is 0 Å². The number of hydrogen-bond donors (Lipinski definition) is 3. The van der Waals surface area contributed by atoms with Crippen LogP contribution < -0.4 is 5.56 Å². The molecule has 0 fully saturated rings. The normalized spacial score (nSPS) is 11.1. The number of carboxylic acids is 1. The van der Waals surface area contributed by atoms with Gasteiger partial charge in [-0.25, -0.2) is 4.79 Å². The van der Waals surface area contributed by atoms with Crippen LogP contribution in [-0.2, 0) is 6.61 Å². The van der Waals surface area contributed by atoms with Gasteiger partial charge in [-0.05, 0) is 57.1 Å². The Labute approximate surface area is 148 Å². The number of rotatable bonds is 3. The Balaban J connectivity index is 2.10. The predicted octanol–water partition coefficient (Wildman–Crippen LogP) is 3.54. The lowest BCUT2D eigenvalue weighted by Gasteiger charge is -2.10. The van der Waals surface area contributed by atoms with Crippen LogP contribution in [0, 0.1) is 0 Å². The van der Waals surface area contributed by atoms with Gasteiger partial charge in [0, 0.05) is 6.20 Å². The summed E-state index contributed by atoms with van der Waals surface area (Å²) in [5, 5.41) is 21.1. The number of nitrogens with one attached hydrogen (secondary N) is 1. The number of aromatic carboxylic acids is 1.